The third kappa shape index (κ3) is 86.4. The number of esters is 3. The lowest BCUT2D eigenvalue weighted by Crippen LogP contribution is -2.30. The van der Waals surface area contributed by atoms with Crippen molar-refractivity contribution in [1.82, 2.24) is 0 Å². The molecule has 0 aliphatic rings. The molecule has 0 bridgehead atoms. The number of allylic oxidation sites excluding steroid dienone is 22. The Labute approximate surface area is 677 Å². The van der Waals surface area contributed by atoms with Gasteiger partial charge in [0.2, 0.25) is 0 Å². The fourth-order valence-corrected chi connectivity index (χ4v) is 13.8. The lowest BCUT2D eigenvalue weighted by atomic mass is 10.0. The van der Waals surface area contributed by atoms with Crippen molar-refractivity contribution in [3.63, 3.8) is 0 Å². The van der Waals surface area contributed by atoms with E-state index < -0.39 is 91.5 Å². The molecule has 0 aromatic heterocycles. The Kier molecular flexibility index (Phi) is 81.8. The summed E-state index contributed by atoms with van der Waals surface area (Å²) in [6.07, 6.45) is 105. The molecule has 5 atom stereocenters. The Hall–Kier alpha value is -4.31. The molecule has 0 aromatic carbocycles. The molecule has 0 rings (SSSR count). The molecule has 4 N–H and O–H groups in total. The van der Waals surface area contributed by atoms with Gasteiger partial charge in [-0.2, -0.15) is 0 Å². The molecule has 0 aromatic rings. The molecule has 0 aliphatic carbocycles. The van der Waals surface area contributed by atoms with Crippen molar-refractivity contribution in [2.24, 2.45) is 0 Å². The molecular weight excluding hydrogens is 1430 g/mol. The van der Waals surface area contributed by atoms with Crippen LogP contribution in [0.25, 0.3) is 0 Å². The number of phosphoric ester groups is 2. The first-order chi connectivity index (χ1) is 54.2. The lowest BCUT2D eigenvalue weighted by Gasteiger charge is -2.21. The minimum absolute atomic E-state index is 0.107. The van der Waals surface area contributed by atoms with E-state index in [0.717, 1.165) is 141 Å². The van der Waals surface area contributed by atoms with Crippen molar-refractivity contribution in [2.75, 3.05) is 39.6 Å². The Bertz CT molecular complexity index is 2550. The Morgan fingerprint density at radius 1 is 0.261 bits per heavy atom. The maximum absolute atomic E-state index is 13.0. The van der Waals surface area contributed by atoms with E-state index in [0.29, 0.717) is 19.3 Å². The molecule has 640 valence electrons. The van der Waals surface area contributed by atoms with Crippen LogP contribution in [0.15, 0.2) is 134 Å². The number of phosphoric acid groups is 2. The number of aliphatic hydroxyl groups excluding tert-OH is 2. The number of aliphatic hydroxyl groups is 2. The maximum atomic E-state index is 13.0. The molecule has 0 fully saturated rings. The molecule has 0 aliphatic heterocycles. The third-order valence-corrected chi connectivity index (χ3v) is 20.8. The molecule has 111 heavy (non-hydrogen) atoms. The molecular formula is C93H162O16P2. The fourth-order valence-electron chi connectivity index (χ4n) is 12.2. The van der Waals surface area contributed by atoms with E-state index in [1.54, 1.807) is 0 Å². The predicted molar refractivity (Wildman–Crippen MR) is 463 cm³/mol. The Balaban J connectivity index is 4.33. The predicted octanol–water partition coefficient (Wildman–Crippen LogP) is 27.0. The van der Waals surface area contributed by atoms with Gasteiger partial charge in [-0.1, -0.05) is 379 Å². The van der Waals surface area contributed by atoms with Gasteiger partial charge in [0.25, 0.3) is 0 Å². The van der Waals surface area contributed by atoms with E-state index >= 15 is 0 Å². The van der Waals surface area contributed by atoms with Crippen LogP contribution < -0.4 is 0 Å². The summed E-state index contributed by atoms with van der Waals surface area (Å²) in [5, 5.41) is 20.7. The van der Waals surface area contributed by atoms with Crippen LogP contribution in [-0.2, 0) is 55.8 Å². The molecule has 0 radical (unpaired) electrons. The summed E-state index contributed by atoms with van der Waals surface area (Å²) in [6.45, 7) is 2.49. The molecule has 0 amide bonds. The van der Waals surface area contributed by atoms with Gasteiger partial charge in [-0.15, -0.1) is 0 Å². The molecule has 0 spiro atoms. The fraction of sp³-hybridized carbons (Fsp3) is 0.731. The molecule has 18 heteroatoms. The van der Waals surface area contributed by atoms with Crippen LogP contribution in [0.1, 0.15) is 380 Å². The number of carbonyl (C=O) groups is 3. The summed E-state index contributed by atoms with van der Waals surface area (Å²) in [5.74, 6) is -1.56. The average Bonchev–Trinajstić information content (AvgIpc) is 0.898. The second-order valence-electron chi connectivity index (χ2n) is 29.6. The second-order valence-corrected chi connectivity index (χ2v) is 32.6. The number of carbonyl (C=O) groups excluding carboxylic acids is 3. The highest BCUT2D eigenvalue weighted by atomic mass is 31.2. The number of ether oxygens (including phenoxy) is 3. The van der Waals surface area contributed by atoms with E-state index in [1.165, 1.54) is 180 Å². The second kappa shape index (κ2) is 85.1. The average molecular weight is 1600 g/mol. The normalized spacial score (nSPS) is 14.5. The Morgan fingerprint density at radius 2 is 0.477 bits per heavy atom. The van der Waals surface area contributed by atoms with Crippen LogP contribution in [0.4, 0.5) is 0 Å². The van der Waals surface area contributed by atoms with Gasteiger partial charge in [-0.25, -0.2) is 9.13 Å². The summed E-state index contributed by atoms with van der Waals surface area (Å²) in [6, 6.07) is 0. The van der Waals surface area contributed by atoms with Gasteiger partial charge in [0.1, 0.15) is 25.4 Å². The number of rotatable bonds is 84. The monoisotopic (exact) mass is 1600 g/mol. The largest absolute Gasteiger partial charge is 0.472 e. The topological polar surface area (TPSA) is 231 Å². The van der Waals surface area contributed by atoms with E-state index in [4.69, 9.17) is 32.3 Å². The third-order valence-electron chi connectivity index (χ3n) is 18.9. The highest BCUT2D eigenvalue weighted by Crippen LogP contribution is 2.45. The minimum atomic E-state index is -4.93. The zero-order valence-corrected chi connectivity index (χ0v) is 72.1. The molecule has 5 unspecified atom stereocenters. The zero-order valence-electron chi connectivity index (χ0n) is 70.4. The lowest BCUT2D eigenvalue weighted by molar-refractivity contribution is -0.161. The van der Waals surface area contributed by atoms with Crippen molar-refractivity contribution in [3.8, 4) is 0 Å². The van der Waals surface area contributed by atoms with Crippen LogP contribution in [0.3, 0.4) is 0 Å². The summed E-state index contributed by atoms with van der Waals surface area (Å²) in [5.41, 5.74) is 0. The zero-order chi connectivity index (χ0) is 80.8. The van der Waals surface area contributed by atoms with E-state index in [2.05, 4.69) is 154 Å². The SMILES string of the molecule is CC/C=C\C/C=C\C/C=C\C/C=C\C/C=C\C/C=C\CCCCCCCCCCCCCCCCCCC(=O)OCC(O)COP(=O)(O)OCC(O)COP(=O)(O)OCC(COC(=O)CCCCCCCCCCCCCCC/C=C\C/C=C\C/C=C\C/C=C\C/C=C\CC)OC(=O)CCCCCCCCCCCCC. The summed E-state index contributed by atoms with van der Waals surface area (Å²) in [7, 11) is -9.78. The standard InChI is InChI=1S/C93H162O16P2/c1-4-7-10-13-16-19-22-24-26-28-30-32-34-36-38-40-41-42-43-44-45-47-49-50-52-54-56-58-60-62-65-67-70-73-76-79-91(96)103-82-88(94)83-105-110(99,100)106-84-89(95)85-107-111(101,102)108-87-90(109-93(98)81-78-75-72-69-64-21-18-15-12-9-6-3)86-104-92(97)80-77-74-71-68-66-63-61-59-57-55-53-51-48-46-39-37-35-33-31-29-27-25-23-20-17-14-11-8-5-2/h7-8,10-11,16-17,19-20,24-27,30-33,36-39,41-42,88-90,94-95H,4-6,9,12-15,18,21-23,28-29,34-35,40,43-87H2,1-3H3,(H,99,100)(H,101,102)/b10-7-,11-8-,19-16-,20-17-,26-24-,27-25-,32-30-,33-31-,38-36-,39-37-,42-41-. The van der Waals surface area contributed by atoms with Gasteiger partial charge in [0, 0.05) is 19.3 Å². The molecule has 0 heterocycles. The number of unbranched alkanes of at least 4 members (excludes halogenated alkanes) is 39. The summed E-state index contributed by atoms with van der Waals surface area (Å²) >= 11 is 0. The Morgan fingerprint density at radius 3 is 0.757 bits per heavy atom. The first-order valence-corrected chi connectivity index (χ1v) is 47.5. The van der Waals surface area contributed by atoms with Crippen LogP contribution in [0.5, 0.6) is 0 Å². The van der Waals surface area contributed by atoms with Gasteiger partial charge in [-0.05, 0) is 116 Å². The van der Waals surface area contributed by atoms with Gasteiger partial charge >= 0.3 is 33.6 Å². The quantitative estimate of drug-likeness (QED) is 0.0146. The molecule has 0 saturated heterocycles. The first-order valence-electron chi connectivity index (χ1n) is 44.5. The minimum Gasteiger partial charge on any atom is -0.463 e. The van der Waals surface area contributed by atoms with Crippen molar-refractivity contribution >= 4 is 33.6 Å². The van der Waals surface area contributed by atoms with Crippen LogP contribution in [0, 0.1) is 0 Å². The van der Waals surface area contributed by atoms with E-state index in [9.17, 15) is 43.5 Å². The van der Waals surface area contributed by atoms with E-state index in [1.807, 2.05) is 0 Å². The maximum Gasteiger partial charge on any atom is 0.472 e. The first kappa shape index (κ1) is 107. The molecule has 16 nitrogen and oxygen atoms in total. The number of hydrogen-bond acceptors (Lipinski definition) is 14. The highest BCUT2D eigenvalue weighted by molar-refractivity contribution is 7.47. The van der Waals surface area contributed by atoms with Gasteiger partial charge in [-0.3, -0.25) is 32.5 Å². The van der Waals surface area contributed by atoms with E-state index in [-0.39, 0.29) is 19.3 Å². The van der Waals surface area contributed by atoms with Gasteiger partial charge in [0.05, 0.1) is 26.4 Å². The summed E-state index contributed by atoms with van der Waals surface area (Å²) in [4.78, 5) is 58.7. The molecule has 0 saturated carbocycles. The van der Waals surface area contributed by atoms with Crippen LogP contribution in [-0.4, -0.2) is 95.9 Å². The number of hydrogen-bond donors (Lipinski definition) is 4. The van der Waals surface area contributed by atoms with Gasteiger partial charge < -0.3 is 34.2 Å². The van der Waals surface area contributed by atoms with Crippen molar-refractivity contribution < 1.29 is 75.8 Å². The van der Waals surface area contributed by atoms with Crippen molar-refractivity contribution in [2.45, 2.75) is 399 Å². The van der Waals surface area contributed by atoms with Crippen LogP contribution in [0.2, 0.25) is 0 Å². The highest BCUT2D eigenvalue weighted by Gasteiger charge is 2.29. The van der Waals surface area contributed by atoms with Crippen molar-refractivity contribution in [3.05, 3.63) is 134 Å². The van der Waals surface area contributed by atoms with Gasteiger partial charge in [0.15, 0.2) is 6.10 Å². The summed E-state index contributed by atoms with van der Waals surface area (Å²) < 4.78 is 61.3. The van der Waals surface area contributed by atoms with Crippen molar-refractivity contribution in [1.29, 1.82) is 0 Å². The van der Waals surface area contributed by atoms with Crippen LogP contribution >= 0.6 is 15.6 Å². The smallest absolute Gasteiger partial charge is 0.463 e.